The maximum absolute atomic E-state index is 12.7. The van der Waals surface area contributed by atoms with Crippen molar-refractivity contribution in [3.63, 3.8) is 0 Å². The van der Waals surface area contributed by atoms with Crippen molar-refractivity contribution in [1.29, 1.82) is 0 Å². The van der Waals surface area contributed by atoms with Crippen LogP contribution in [0.25, 0.3) is 4.96 Å². The van der Waals surface area contributed by atoms with Crippen LogP contribution in [0.15, 0.2) is 16.6 Å². The van der Waals surface area contributed by atoms with Crippen LogP contribution in [0.2, 0.25) is 0 Å². The van der Waals surface area contributed by atoms with E-state index in [4.69, 9.17) is 5.84 Å². The second kappa shape index (κ2) is 4.97. The van der Waals surface area contributed by atoms with Crippen LogP contribution >= 0.6 is 11.3 Å². The predicted molar refractivity (Wildman–Crippen MR) is 74.9 cm³/mol. The monoisotopic (exact) mass is 317 g/mol. The molecular formula is C10H15N5O3S2. The Labute approximate surface area is 119 Å². The molecule has 0 bridgehead atoms. The van der Waals surface area contributed by atoms with Crippen molar-refractivity contribution in [3.8, 4) is 0 Å². The van der Waals surface area contributed by atoms with Gasteiger partial charge in [0.25, 0.3) is 10.0 Å². The molecule has 0 unspecified atom stereocenters. The van der Waals surface area contributed by atoms with Crippen LogP contribution in [0, 0.1) is 0 Å². The number of nitrogens with one attached hydrogen (secondary N) is 1. The molecule has 8 nitrogen and oxygen atoms in total. The zero-order valence-electron chi connectivity index (χ0n) is 10.6. The van der Waals surface area contributed by atoms with E-state index in [1.165, 1.54) is 20.0 Å². The lowest BCUT2D eigenvalue weighted by Gasteiger charge is -2.28. The van der Waals surface area contributed by atoms with E-state index in [0.717, 1.165) is 0 Å². The van der Waals surface area contributed by atoms with Crippen LogP contribution in [0.5, 0.6) is 0 Å². The van der Waals surface area contributed by atoms with Gasteiger partial charge in [-0.25, -0.2) is 14.3 Å². The Bertz CT molecular complexity index is 714. The van der Waals surface area contributed by atoms with Crippen LogP contribution in [0.3, 0.4) is 0 Å². The number of rotatable bonds is 3. The van der Waals surface area contributed by atoms with Gasteiger partial charge >= 0.3 is 0 Å². The van der Waals surface area contributed by atoms with Gasteiger partial charge in [0.1, 0.15) is 0 Å². The van der Waals surface area contributed by atoms with Gasteiger partial charge in [0.2, 0.25) is 5.03 Å². The van der Waals surface area contributed by atoms with E-state index < -0.39 is 16.1 Å². The van der Waals surface area contributed by atoms with E-state index >= 15 is 0 Å². The quantitative estimate of drug-likeness (QED) is 0.535. The van der Waals surface area contributed by atoms with Crippen molar-refractivity contribution >= 4 is 32.1 Å². The van der Waals surface area contributed by atoms with Crippen molar-refractivity contribution in [2.45, 2.75) is 24.0 Å². The average molecular weight is 317 g/mol. The van der Waals surface area contributed by atoms with Crippen molar-refractivity contribution in [2.75, 3.05) is 18.5 Å². The van der Waals surface area contributed by atoms with Gasteiger partial charge in [0.15, 0.2) is 10.8 Å². The van der Waals surface area contributed by atoms with Gasteiger partial charge in [0, 0.05) is 24.7 Å². The third kappa shape index (κ3) is 2.09. The number of imidazole rings is 1. The number of nitrogens with zero attached hydrogens (tertiary/aromatic N) is 3. The molecule has 1 aliphatic heterocycles. The lowest BCUT2D eigenvalue weighted by molar-refractivity contribution is 0.113. The number of hydrazine groups is 1. The van der Waals surface area contributed by atoms with Crippen LogP contribution in [-0.2, 0) is 10.0 Å². The second-order valence-corrected chi connectivity index (χ2v) is 7.33. The van der Waals surface area contributed by atoms with Gasteiger partial charge in [-0.3, -0.25) is 4.40 Å². The summed E-state index contributed by atoms with van der Waals surface area (Å²) in [5.41, 5.74) is 2.34. The number of nitrogen functional groups attached to an aromatic ring is 1. The third-order valence-corrected chi connectivity index (χ3v) is 6.04. The van der Waals surface area contributed by atoms with E-state index in [2.05, 4.69) is 10.4 Å². The van der Waals surface area contributed by atoms with Gasteiger partial charge in [0.05, 0.1) is 6.10 Å². The molecule has 0 aromatic carbocycles. The Hall–Kier alpha value is -1.20. The summed E-state index contributed by atoms with van der Waals surface area (Å²) in [6.07, 6.45) is 2.10. The summed E-state index contributed by atoms with van der Waals surface area (Å²) in [7, 11) is -3.69. The second-order valence-electron chi connectivity index (χ2n) is 4.60. The molecule has 3 rings (SSSR count). The number of thiazole rings is 1. The van der Waals surface area contributed by atoms with E-state index in [1.807, 2.05) is 0 Å². The number of nitrogens with two attached hydrogens (primary N) is 1. The summed E-state index contributed by atoms with van der Waals surface area (Å²) in [4.78, 5) is 4.72. The van der Waals surface area contributed by atoms with Crippen molar-refractivity contribution in [3.05, 3.63) is 11.6 Å². The number of fused-ring (bicyclic) bond motifs is 1. The highest BCUT2D eigenvalue weighted by Gasteiger charge is 2.34. The molecule has 1 saturated heterocycles. The first-order valence-electron chi connectivity index (χ1n) is 6.14. The largest absolute Gasteiger partial charge is 0.393 e. The molecule has 0 radical (unpaired) electrons. The molecule has 4 N–H and O–H groups in total. The zero-order chi connectivity index (χ0) is 14.3. The SMILES string of the molecule is NNc1nc2sccn2c1S(=O)(=O)N1CCC(O)CC1. The zero-order valence-corrected chi connectivity index (χ0v) is 12.2. The Balaban J connectivity index is 2.06. The highest BCUT2D eigenvalue weighted by Crippen LogP contribution is 2.29. The minimum Gasteiger partial charge on any atom is -0.393 e. The van der Waals surface area contributed by atoms with Gasteiger partial charge in [-0.1, -0.05) is 0 Å². The fourth-order valence-electron chi connectivity index (χ4n) is 2.31. The number of anilines is 1. The normalized spacial score (nSPS) is 18.7. The molecule has 110 valence electrons. The number of aliphatic hydroxyl groups is 1. The molecule has 0 spiro atoms. The van der Waals surface area contributed by atoms with E-state index in [9.17, 15) is 13.5 Å². The highest BCUT2D eigenvalue weighted by molar-refractivity contribution is 7.89. The number of sulfonamides is 1. The number of piperidine rings is 1. The number of aliphatic hydroxyl groups excluding tert-OH is 1. The molecular weight excluding hydrogens is 302 g/mol. The molecule has 0 amide bonds. The van der Waals surface area contributed by atoms with Crippen molar-refractivity contribution in [1.82, 2.24) is 13.7 Å². The fourth-order valence-corrected chi connectivity index (χ4v) is 4.76. The van der Waals surface area contributed by atoms with E-state index in [1.54, 1.807) is 11.6 Å². The molecule has 20 heavy (non-hydrogen) atoms. The molecule has 3 heterocycles. The fraction of sp³-hybridized carbons (Fsp3) is 0.500. The summed E-state index contributed by atoms with van der Waals surface area (Å²) in [6, 6.07) is 0. The van der Waals surface area contributed by atoms with Gasteiger partial charge < -0.3 is 10.5 Å². The molecule has 1 fully saturated rings. The average Bonchev–Trinajstić information content (AvgIpc) is 2.98. The number of hydrogen-bond donors (Lipinski definition) is 3. The van der Waals surface area contributed by atoms with Gasteiger partial charge in [-0.05, 0) is 12.8 Å². The third-order valence-electron chi connectivity index (χ3n) is 3.36. The molecule has 0 atom stereocenters. The number of aromatic nitrogens is 2. The molecule has 0 saturated carbocycles. The van der Waals surface area contributed by atoms with E-state index in [-0.39, 0.29) is 10.8 Å². The van der Waals surface area contributed by atoms with Crippen LogP contribution in [0.1, 0.15) is 12.8 Å². The lowest BCUT2D eigenvalue weighted by Crippen LogP contribution is -2.40. The maximum atomic E-state index is 12.7. The summed E-state index contributed by atoms with van der Waals surface area (Å²) in [5, 5.41) is 11.3. The van der Waals surface area contributed by atoms with Crippen LogP contribution < -0.4 is 11.3 Å². The molecule has 10 heteroatoms. The first kappa shape index (κ1) is 13.8. The lowest BCUT2D eigenvalue weighted by atomic mass is 10.1. The predicted octanol–water partition coefficient (Wildman–Crippen LogP) is -0.173. The van der Waals surface area contributed by atoms with Gasteiger partial charge in [-0.2, -0.15) is 9.29 Å². The maximum Gasteiger partial charge on any atom is 0.262 e. The first-order chi connectivity index (χ1) is 9.54. The topological polar surface area (TPSA) is 113 Å². The van der Waals surface area contributed by atoms with Gasteiger partial charge in [-0.15, -0.1) is 11.3 Å². The smallest absolute Gasteiger partial charge is 0.262 e. The Morgan fingerprint density at radius 2 is 2.15 bits per heavy atom. The first-order valence-corrected chi connectivity index (χ1v) is 8.46. The van der Waals surface area contributed by atoms with Crippen LogP contribution in [0.4, 0.5) is 5.82 Å². The molecule has 2 aromatic heterocycles. The van der Waals surface area contributed by atoms with Crippen molar-refractivity contribution < 1.29 is 13.5 Å². The molecule has 2 aromatic rings. The summed E-state index contributed by atoms with van der Waals surface area (Å²) in [6.45, 7) is 0.593. The molecule has 1 aliphatic rings. The Kier molecular flexibility index (Phi) is 3.42. The minimum absolute atomic E-state index is 0.0487. The minimum atomic E-state index is -3.69. The summed E-state index contributed by atoms with van der Waals surface area (Å²) < 4.78 is 28.4. The highest BCUT2D eigenvalue weighted by atomic mass is 32.2. The van der Waals surface area contributed by atoms with Crippen molar-refractivity contribution in [2.24, 2.45) is 5.84 Å². The number of hydrogen-bond acceptors (Lipinski definition) is 7. The van der Waals surface area contributed by atoms with E-state index in [0.29, 0.717) is 30.9 Å². The van der Waals surface area contributed by atoms with Crippen LogP contribution in [-0.4, -0.2) is 46.4 Å². The molecule has 0 aliphatic carbocycles. The summed E-state index contributed by atoms with van der Waals surface area (Å²) in [5.74, 6) is 5.52. The summed E-state index contributed by atoms with van der Waals surface area (Å²) >= 11 is 1.33. The Morgan fingerprint density at radius 3 is 2.80 bits per heavy atom. The standard InChI is InChI=1S/C10H15N5O3S2/c11-13-8-9(15-5-6-19-10(15)12-8)20(17,18)14-3-1-7(16)2-4-14/h5-7,13,16H,1-4,11H2. The Morgan fingerprint density at radius 1 is 1.45 bits per heavy atom.